The number of hydrogen-bond donors (Lipinski definition) is 1. The molecule has 0 amide bonds. The van der Waals surface area contributed by atoms with Gasteiger partial charge in [0, 0.05) is 10.2 Å². The highest BCUT2D eigenvalue weighted by Gasteiger charge is 1.80. The third kappa shape index (κ3) is 7.61. The summed E-state index contributed by atoms with van der Waals surface area (Å²) in [6, 6.07) is 11.9. The number of benzene rings is 1. The van der Waals surface area contributed by atoms with E-state index in [1.54, 1.807) is 0 Å². The summed E-state index contributed by atoms with van der Waals surface area (Å²) in [5, 5.41) is 0. The summed E-state index contributed by atoms with van der Waals surface area (Å²) in [7, 11) is 1.28. The lowest BCUT2D eigenvalue weighted by atomic mass is 10.2. The summed E-state index contributed by atoms with van der Waals surface area (Å²) in [5.41, 5.74) is 1.47. The maximum Gasteiger partial charge on any atom is 0.0814 e. The lowest BCUT2D eigenvalue weighted by Gasteiger charge is -1.89. The Bertz CT molecular complexity index is 223. The Labute approximate surface area is 77.4 Å². The first-order chi connectivity index (χ1) is 5.66. The van der Waals surface area contributed by atoms with E-state index in [2.05, 4.69) is 30.3 Å². The van der Waals surface area contributed by atoms with E-state index in [-0.39, 0.29) is 0 Å². The maximum absolute atomic E-state index is 8.56. The van der Waals surface area contributed by atoms with E-state index in [1.165, 1.54) is 21.9 Å². The Hall–Kier alpha value is -0.493. The Morgan fingerprint density at radius 3 is 2.08 bits per heavy atom. The minimum Gasteiger partial charge on any atom is -0.750 e. The van der Waals surface area contributed by atoms with Gasteiger partial charge in [0.25, 0.3) is 0 Å². The zero-order chi connectivity index (χ0) is 9.40. The standard InChI is InChI=1S/C7H10Si.H2O3S/c8-6-7-4-2-1-3-5-7;1-4(2)3/h1-5H,6H2,8H3;(H2,1,2,3)/p-1. The smallest absolute Gasteiger partial charge is 0.0814 e. The van der Waals surface area contributed by atoms with Crippen molar-refractivity contribution >= 4 is 21.6 Å². The molecule has 0 aliphatic carbocycles. The van der Waals surface area contributed by atoms with E-state index in [9.17, 15) is 0 Å². The molecule has 68 valence electrons. The Kier molecular flexibility index (Phi) is 6.88. The zero-order valence-electron chi connectivity index (χ0n) is 6.77. The second-order valence-corrected chi connectivity index (χ2v) is 3.20. The molecule has 0 bridgehead atoms. The van der Waals surface area contributed by atoms with Crippen molar-refractivity contribution in [3.05, 3.63) is 35.9 Å². The van der Waals surface area contributed by atoms with Crippen LogP contribution in [0.25, 0.3) is 0 Å². The van der Waals surface area contributed by atoms with Gasteiger partial charge in [-0.05, 0) is 6.04 Å². The largest absolute Gasteiger partial charge is 0.750 e. The van der Waals surface area contributed by atoms with Crippen molar-refractivity contribution in [1.29, 1.82) is 0 Å². The van der Waals surface area contributed by atoms with Crippen molar-refractivity contribution in [2.45, 2.75) is 6.04 Å². The Balaban J connectivity index is 0.000000261. The summed E-state index contributed by atoms with van der Waals surface area (Å²) in [5.74, 6) is 0. The molecule has 0 aromatic heterocycles. The van der Waals surface area contributed by atoms with Crippen LogP contribution in [0.5, 0.6) is 0 Å². The molecular weight excluding hydrogens is 192 g/mol. The van der Waals surface area contributed by atoms with Crippen LogP contribution in [0.3, 0.4) is 0 Å². The van der Waals surface area contributed by atoms with Crippen LogP contribution < -0.4 is 0 Å². The Morgan fingerprint density at radius 1 is 1.42 bits per heavy atom. The third-order valence-corrected chi connectivity index (χ3v) is 2.07. The van der Waals surface area contributed by atoms with Gasteiger partial charge in [0.1, 0.15) is 0 Å². The molecule has 1 aromatic rings. The molecule has 1 N–H and O–H groups in total. The quantitative estimate of drug-likeness (QED) is 0.512. The van der Waals surface area contributed by atoms with Gasteiger partial charge in [-0.15, -0.1) is 0 Å². The molecule has 12 heavy (non-hydrogen) atoms. The highest BCUT2D eigenvalue weighted by molar-refractivity contribution is 7.73. The molecule has 0 fully saturated rings. The van der Waals surface area contributed by atoms with Gasteiger partial charge in [-0.2, -0.15) is 0 Å². The molecule has 3 nitrogen and oxygen atoms in total. The summed E-state index contributed by atoms with van der Waals surface area (Å²) in [4.78, 5) is 0. The first kappa shape index (κ1) is 11.5. The molecule has 0 saturated carbocycles. The topological polar surface area (TPSA) is 60.4 Å². The van der Waals surface area contributed by atoms with E-state index in [0.29, 0.717) is 0 Å². The van der Waals surface area contributed by atoms with E-state index >= 15 is 0 Å². The van der Waals surface area contributed by atoms with E-state index < -0.39 is 11.4 Å². The predicted octanol–water partition coefficient (Wildman–Crippen LogP) is -0.110. The van der Waals surface area contributed by atoms with Crippen molar-refractivity contribution in [1.82, 2.24) is 0 Å². The van der Waals surface area contributed by atoms with Crippen molar-refractivity contribution in [3.8, 4) is 0 Å². The molecule has 0 saturated heterocycles. The first-order valence-electron chi connectivity index (χ1n) is 3.49. The van der Waals surface area contributed by atoms with Crippen LogP contribution in [0.4, 0.5) is 0 Å². The van der Waals surface area contributed by atoms with E-state index in [1.807, 2.05) is 0 Å². The fourth-order valence-electron chi connectivity index (χ4n) is 0.714. The fraction of sp³-hybridized carbons (Fsp3) is 0.143. The van der Waals surface area contributed by atoms with Crippen LogP contribution in [0.1, 0.15) is 5.56 Å². The minimum atomic E-state index is -2.86. The van der Waals surface area contributed by atoms with Crippen LogP contribution in [0.2, 0.25) is 0 Å². The van der Waals surface area contributed by atoms with Gasteiger partial charge in [0.15, 0.2) is 0 Å². The molecule has 0 spiro atoms. The molecule has 1 atom stereocenters. The molecule has 0 aliphatic rings. The molecule has 1 unspecified atom stereocenters. The van der Waals surface area contributed by atoms with Crippen LogP contribution in [-0.2, 0) is 17.4 Å². The van der Waals surface area contributed by atoms with Crippen molar-refractivity contribution in [3.63, 3.8) is 0 Å². The van der Waals surface area contributed by atoms with Crippen LogP contribution >= 0.6 is 0 Å². The second kappa shape index (κ2) is 7.17. The normalized spacial score (nSPS) is 11.5. The van der Waals surface area contributed by atoms with Gasteiger partial charge < -0.3 is 9.11 Å². The summed E-state index contributed by atoms with van der Waals surface area (Å²) in [6.45, 7) is 0. The predicted molar refractivity (Wildman–Crippen MR) is 51.6 cm³/mol. The SMILES string of the molecule is O=S([O-])O.[SiH3]Cc1ccccc1. The second-order valence-electron chi connectivity index (χ2n) is 2.06. The van der Waals surface area contributed by atoms with Crippen LogP contribution in [0, 0.1) is 0 Å². The molecule has 0 radical (unpaired) electrons. The first-order valence-corrected chi connectivity index (χ1v) is 5.93. The number of rotatable bonds is 1. The summed E-state index contributed by atoms with van der Waals surface area (Å²) >= 11 is -2.86. The van der Waals surface area contributed by atoms with Gasteiger partial charge in [0.05, 0.1) is 11.4 Å². The highest BCUT2D eigenvalue weighted by Crippen LogP contribution is 1.95. The highest BCUT2D eigenvalue weighted by atomic mass is 32.2. The van der Waals surface area contributed by atoms with E-state index in [0.717, 1.165) is 0 Å². The van der Waals surface area contributed by atoms with Crippen LogP contribution in [-0.4, -0.2) is 23.6 Å². The Morgan fingerprint density at radius 2 is 1.83 bits per heavy atom. The van der Waals surface area contributed by atoms with Gasteiger partial charge >= 0.3 is 0 Å². The molecule has 1 rings (SSSR count). The average molecular weight is 203 g/mol. The molecule has 0 heterocycles. The van der Waals surface area contributed by atoms with Crippen molar-refractivity contribution in [2.24, 2.45) is 0 Å². The molecule has 0 aliphatic heterocycles. The maximum atomic E-state index is 8.56. The lowest BCUT2D eigenvalue weighted by molar-refractivity contribution is 0.436. The minimum absolute atomic E-state index is 1.28. The van der Waals surface area contributed by atoms with Crippen molar-refractivity contribution < 1.29 is 13.3 Å². The van der Waals surface area contributed by atoms with E-state index in [4.69, 9.17) is 13.3 Å². The lowest BCUT2D eigenvalue weighted by Crippen LogP contribution is -1.78. The zero-order valence-corrected chi connectivity index (χ0v) is 9.58. The van der Waals surface area contributed by atoms with Gasteiger partial charge in [-0.3, -0.25) is 0 Å². The van der Waals surface area contributed by atoms with Crippen LogP contribution in [0.15, 0.2) is 30.3 Å². The molecule has 5 heteroatoms. The fourth-order valence-corrected chi connectivity index (χ4v) is 1.19. The number of hydrogen-bond acceptors (Lipinski definition) is 2. The summed E-state index contributed by atoms with van der Waals surface area (Å²) in [6.07, 6.45) is 0. The van der Waals surface area contributed by atoms with Gasteiger partial charge in [-0.1, -0.05) is 35.9 Å². The van der Waals surface area contributed by atoms with Gasteiger partial charge in [0.2, 0.25) is 0 Å². The molecular formula is C7H11O3SSi-. The summed E-state index contributed by atoms with van der Waals surface area (Å²) < 4.78 is 24.1. The monoisotopic (exact) mass is 203 g/mol. The molecule has 1 aromatic carbocycles. The van der Waals surface area contributed by atoms with Gasteiger partial charge in [-0.25, -0.2) is 4.21 Å². The average Bonchev–Trinajstić information content (AvgIpc) is 2.05. The van der Waals surface area contributed by atoms with Crippen molar-refractivity contribution in [2.75, 3.05) is 0 Å². The third-order valence-electron chi connectivity index (χ3n) is 1.25.